The summed E-state index contributed by atoms with van der Waals surface area (Å²) in [5.41, 5.74) is 0. The predicted molar refractivity (Wildman–Crippen MR) is 199 cm³/mol. The number of carbonyl (C=O) groups is 1. The zero-order valence-electron chi connectivity index (χ0n) is 30.5. The van der Waals surface area contributed by atoms with Crippen LogP contribution in [0.5, 0.6) is 0 Å². The number of amides is 1. The number of nitrogens with one attached hydrogen (secondary N) is 1. The summed E-state index contributed by atoms with van der Waals surface area (Å²) in [6, 6.07) is -0.817. The summed E-state index contributed by atoms with van der Waals surface area (Å²) in [4.78, 5) is 12.4. The molecule has 0 saturated carbocycles. The van der Waals surface area contributed by atoms with Gasteiger partial charge in [-0.25, -0.2) is 0 Å². The molecule has 46 heavy (non-hydrogen) atoms. The summed E-state index contributed by atoms with van der Waals surface area (Å²) in [7, 11) is 0. The number of aliphatic hydroxyl groups is 3. The average molecular weight is 648 g/mol. The molecule has 5 heteroatoms. The third-order valence-electron chi connectivity index (χ3n) is 8.96. The minimum absolute atomic E-state index is 0.380. The Morgan fingerprint density at radius 2 is 0.891 bits per heavy atom. The topological polar surface area (TPSA) is 89.8 Å². The molecule has 4 N–H and O–H groups in total. The van der Waals surface area contributed by atoms with E-state index in [0.717, 1.165) is 44.9 Å². The largest absolute Gasteiger partial charge is 0.394 e. The van der Waals surface area contributed by atoms with E-state index < -0.39 is 24.2 Å². The molecule has 0 fully saturated rings. The van der Waals surface area contributed by atoms with E-state index in [9.17, 15) is 20.1 Å². The van der Waals surface area contributed by atoms with Crippen LogP contribution in [0, 0.1) is 0 Å². The van der Waals surface area contributed by atoms with Crippen molar-refractivity contribution in [3.05, 3.63) is 36.5 Å². The molecule has 3 unspecified atom stereocenters. The minimum atomic E-state index is -1.10. The molecule has 0 bridgehead atoms. The van der Waals surface area contributed by atoms with Crippen molar-refractivity contribution in [3.63, 3.8) is 0 Å². The van der Waals surface area contributed by atoms with Gasteiger partial charge in [0, 0.05) is 0 Å². The van der Waals surface area contributed by atoms with Gasteiger partial charge in [-0.2, -0.15) is 0 Å². The van der Waals surface area contributed by atoms with Crippen molar-refractivity contribution in [3.8, 4) is 0 Å². The Balaban J connectivity index is 3.75. The zero-order chi connectivity index (χ0) is 33.8. The van der Waals surface area contributed by atoms with Gasteiger partial charge in [-0.15, -0.1) is 0 Å². The molecular weight excluding hydrogens is 570 g/mol. The first-order valence-electron chi connectivity index (χ1n) is 19.8. The first-order chi connectivity index (χ1) is 22.6. The smallest absolute Gasteiger partial charge is 0.249 e. The molecule has 0 saturated heterocycles. The van der Waals surface area contributed by atoms with E-state index in [4.69, 9.17) is 0 Å². The molecule has 5 nitrogen and oxygen atoms in total. The van der Waals surface area contributed by atoms with E-state index in [2.05, 4.69) is 43.5 Å². The summed E-state index contributed by atoms with van der Waals surface area (Å²) in [5.74, 6) is -0.517. The van der Waals surface area contributed by atoms with Crippen LogP contribution in [-0.4, -0.2) is 46.1 Å². The number of hydrogen-bond acceptors (Lipinski definition) is 4. The van der Waals surface area contributed by atoms with E-state index in [1.54, 1.807) is 6.08 Å². The average Bonchev–Trinajstić information content (AvgIpc) is 3.06. The molecule has 0 aliphatic heterocycles. The monoisotopic (exact) mass is 648 g/mol. The molecule has 270 valence electrons. The van der Waals surface area contributed by atoms with Crippen LogP contribution in [0.25, 0.3) is 0 Å². The maximum absolute atomic E-state index is 12.4. The standard InChI is InChI=1S/C41H77NO4/c1-3-5-7-9-11-13-15-17-19-20-21-22-24-26-28-30-32-34-36-40(45)41(46)42-38(37-43)39(44)35-33-31-29-27-25-23-18-16-14-12-10-8-6-4-2/h14,16,25,27,33,35,38-40,43-45H,3-13,15,17-24,26,28-32,34,36-37H2,1-2H3,(H,42,46)/b16-14+,27-25+,35-33+. The highest BCUT2D eigenvalue weighted by Gasteiger charge is 2.22. The van der Waals surface area contributed by atoms with Gasteiger partial charge in [-0.3, -0.25) is 4.79 Å². The van der Waals surface area contributed by atoms with E-state index in [1.165, 1.54) is 128 Å². The van der Waals surface area contributed by atoms with E-state index in [1.807, 2.05) is 6.08 Å². The van der Waals surface area contributed by atoms with Crippen molar-refractivity contribution in [2.24, 2.45) is 0 Å². The second kappa shape index (κ2) is 36.4. The first kappa shape index (κ1) is 44.6. The highest BCUT2D eigenvalue weighted by molar-refractivity contribution is 5.80. The van der Waals surface area contributed by atoms with Crippen LogP contribution < -0.4 is 5.32 Å². The molecular formula is C41H77NO4. The van der Waals surface area contributed by atoms with Crippen LogP contribution in [-0.2, 0) is 4.79 Å². The predicted octanol–water partition coefficient (Wildman–Crippen LogP) is 10.8. The Labute approximate surface area is 285 Å². The highest BCUT2D eigenvalue weighted by atomic mass is 16.3. The minimum Gasteiger partial charge on any atom is -0.394 e. The molecule has 0 spiro atoms. The van der Waals surface area contributed by atoms with Crippen molar-refractivity contribution in [2.45, 2.75) is 212 Å². The number of rotatable bonds is 35. The molecule has 0 aromatic heterocycles. The van der Waals surface area contributed by atoms with Gasteiger partial charge in [0.05, 0.1) is 18.8 Å². The first-order valence-corrected chi connectivity index (χ1v) is 19.8. The Kier molecular flexibility index (Phi) is 35.3. The lowest BCUT2D eigenvalue weighted by Crippen LogP contribution is -2.48. The summed E-state index contributed by atoms with van der Waals surface area (Å²) >= 11 is 0. The van der Waals surface area contributed by atoms with Crippen molar-refractivity contribution in [2.75, 3.05) is 6.61 Å². The maximum atomic E-state index is 12.4. The lowest BCUT2D eigenvalue weighted by molar-refractivity contribution is -0.131. The summed E-state index contributed by atoms with van der Waals surface area (Å²) < 4.78 is 0. The van der Waals surface area contributed by atoms with Crippen LogP contribution in [0.4, 0.5) is 0 Å². The number of hydrogen-bond donors (Lipinski definition) is 4. The van der Waals surface area contributed by atoms with Crippen LogP contribution >= 0.6 is 0 Å². The van der Waals surface area contributed by atoms with Gasteiger partial charge < -0.3 is 20.6 Å². The molecule has 0 aromatic rings. The highest BCUT2D eigenvalue weighted by Crippen LogP contribution is 2.15. The molecule has 0 aliphatic carbocycles. The van der Waals surface area contributed by atoms with Crippen LogP contribution in [0.15, 0.2) is 36.5 Å². The van der Waals surface area contributed by atoms with Crippen molar-refractivity contribution in [1.29, 1.82) is 0 Å². The summed E-state index contributed by atoms with van der Waals surface area (Å²) in [6.07, 6.45) is 44.5. The van der Waals surface area contributed by atoms with Crippen molar-refractivity contribution in [1.82, 2.24) is 5.32 Å². The van der Waals surface area contributed by atoms with Gasteiger partial charge in [0.2, 0.25) is 5.91 Å². The summed E-state index contributed by atoms with van der Waals surface area (Å²) in [5, 5.41) is 33.0. The fourth-order valence-electron chi connectivity index (χ4n) is 5.80. The molecule has 3 atom stereocenters. The van der Waals surface area contributed by atoms with Crippen LogP contribution in [0.1, 0.15) is 194 Å². The van der Waals surface area contributed by atoms with Crippen LogP contribution in [0.3, 0.4) is 0 Å². The van der Waals surface area contributed by atoms with E-state index >= 15 is 0 Å². The fraction of sp³-hybridized carbons (Fsp3) is 0.829. The Bertz CT molecular complexity index is 719. The Morgan fingerprint density at radius 3 is 1.33 bits per heavy atom. The van der Waals surface area contributed by atoms with E-state index in [-0.39, 0.29) is 6.61 Å². The quantitative estimate of drug-likeness (QED) is 0.0407. The normalized spacial score (nSPS) is 14.1. The molecule has 0 radical (unpaired) electrons. The number of aliphatic hydroxyl groups excluding tert-OH is 3. The second-order valence-corrected chi connectivity index (χ2v) is 13.5. The fourth-order valence-corrected chi connectivity index (χ4v) is 5.80. The molecule has 0 rings (SSSR count). The van der Waals surface area contributed by atoms with Gasteiger partial charge in [-0.1, -0.05) is 185 Å². The second-order valence-electron chi connectivity index (χ2n) is 13.5. The molecule has 0 aromatic carbocycles. The van der Waals surface area contributed by atoms with Crippen LogP contribution in [0.2, 0.25) is 0 Å². The van der Waals surface area contributed by atoms with Crippen molar-refractivity contribution >= 4 is 5.91 Å². The van der Waals surface area contributed by atoms with Gasteiger partial charge in [0.25, 0.3) is 0 Å². The van der Waals surface area contributed by atoms with E-state index in [0.29, 0.717) is 6.42 Å². The van der Waals surface area contributed by atoms with Gasteiger partial charge in [0.1, 0.15) is 6.10 Å². The Hall–Kier alpha value is -1.43. The number of carbonyl (C=O) groups excluding carboxylic acids is 1. The zero-order valence-corrected chi connectivity index (χ0v) is 30.5. The number of unbranched alkanes of at least 4 members (excludes halogenated alkanes) is 23. The van der Waals surface area contributed by atoms with Gasteiger partial charge in [-0.05, 0) is 44.9 Å². The van der Waals surface area contributed by atoms with Crippen molar-refractivity contribution < 1.29 is 20.1 Å². The lowest BCUT2D eigenvalue weighted by atomic mass is 10.0. The third-order valence-corrected chi connectivity index (χ3v) is 8.96. The summed E-state index contributed by atoms with van der Waals surface area (Å²) in [6.45, 7) is 4.13. The molecule has 0 aliphatic rings. The Morgan fingerprint density at radius 1 is 0.522 bits per heavy atom. The third kappa shape index (κ3) is 31.2. The van der Waals surface area contributed by atoms with Gasteiger partial charge >= 0.3 is 0 Å². The SMILES string of the molecule is CCCCCC/C=C/CC/C=C/CC/C=C/C(O)C(CO)NC(=O)C(O)CCCCCCCCCCCCCCCCCCCC. The molecule has 0 heterocycles. The number of allylic oxidation sites excluding steroid dienone is 5. The maximum Gasteiger partial charge on any atom is 0.249 e. The van der Waals surface area contributed by atoms with Gasteiger partial charge in [0.15, 0.2) is 0 Å². The lowest BCUT2D eigenvalue weighted by Gasteiger charge is -2.21. The molecule has 1 amide bonds.